The molecule has 0 amide bonds. The highest BCUT2D eigenvalue weighted by Gasteiger charge is 2.17. The number of hydrogen-bond acceptors (Lipinski definition) is 7. The highest BCUT2D eigenvalue weighted by Crippen LogP contribution is 2.32. The van der Waals surface area contributed by atoms with Crippen LogP contribution in [0.1, 0.15) is 5.56 Å². The Bertz CT molecular complexity index is 823. The van der Waals surface area contributed by atoms with E-state index in [0.717, 1.165) is 6.07 Å². The van der Waals surface area contributed by atoms with Crippen molar-refractivity contribution in [3.05, 3.63) is 67.2 Å². The lowest BCUT2D eigenvalue weighted by Gasteiger charge is -2.04. The number of anilines is 1. The lowest BCUT2D eigenvalue weighted by Crippen LogP contribution is -2.05. The van der Waals surface area contributed by atoms with E-state index in [2.05, 4.69) is 10.3 Å². The Labute approximate surface area is 146 Å². The van der Waals surface area contributed by atoms with Gasteiger partial charge < -0.3 is 10.4 Å². The molecular weight excluding hydrogens is 352 g/mol. The van der Waals surface area contributed by atoms with Gasteiger partial charge in [-0.25, -0.2) is 0 Å². The van der Waals surface area contributed by atoms with Gasteiger partial charge in [0.05, 0.1) is 16.4 Å². The quantitative estimate of drug-likeness (QED) is 0.335. The fourth-order valence-electron chi connectivity index (χ4n) is 1.97. The molecule has 0 saturated heterocycles. The van der Waals surface area contributed by atoms with E-state index < -0.39 is 21.3 Å². The molecule has 0 fully saturated rings. The molecular formula is C15H13ClN4O5. The summed E-state index contributed by atoms with van der Waals surface area (Å²) in [5.74, 6) is -0.499. The molecule has 0 aliphatic rings. The van der Waals surface area contributed by atoms with Crippen LogP contribution in [-0.2, 0) is 0 Å². The SMILES string of the molecule is O=[N+]([O-])c1ccc(NCCN=Cc2cc(Cl)cc([N+](=O)[O-])c2O)cc1. The Hall–Kier alpha value is -3.20. The van der Waals surface area contributed by atoms with Gasteiger partial charge in [0.1, 0.15) is 0 Å². The minimum Gasteiger partial charge on any atom is -0.502 e. The summed E-state index contributed by atoms with van der Waals surface area (Å²) in [6, 6.07) is 8.35. The molecule has 0 bridgehead atoms. The minimum absolute atomic E-state index is 0.00148. The first-order chi connectivity index (χ1) is 11.9. The summed E-state index contributed by atoms with van der Waals surface area (Å²) in [7, 11) is 0. The average molecular weight is 365 g/mol. The predicted molar refractivity (Wildman–Crippen MR) is 93.8 cm³/mol. The maximum Gasteiger partial charge on any atom is 0.312 e. The summed E-state index contributed by atoms with van der Waals surface area (Å²) in [6.07, 6.45) is 1.30. The molecule has 10 heteroatoms. The number of nitro groups is 2. The Kier molecular flexibility index (Phi) is 5.85. The first kappa shape index (κ1) is 18.1. The smallest absolute Gasteiger partial charge is 0.312 e. The maximum absolute atomic E-state index is 10.8. The summed E-state index contributed by atoms with van der Waals surface area (Å²) >= 11 is 5.78. The summed E-state index contributed by atoms with van der Waals surface area (Å²) in [5, 5.41) is 34.3. The molecule has 0 heterocycles. The van der Waals surface area contributed by atoms with Gasteiger partial charge >= 0.3 is 5.69 Å². The second-order valence-corrected chi connectivity index (χ2v) is 5.32. The van der Waals surface area contributed by atoms with Crippen molar-refractivity contribution >= 4 is 34.9 Å². The molecule has 0 atom stereocenters. The molecule has 0 aromatic heterocycles. The number of nitrogens with one attached hydrogen (secondary N) is 1. The van der Waals surface area contributed by atoms with Gasteiger partial charge in [-0.1, -0.05) is 11.6 Å². The van der Waals surface area contributed by atoms with Crippen LogP contribution in [0.2, 0.25) is 5.02 Å². The molecule has 0 unspecified atom stereocenters. The molecule has 0 saturated carbocycles. The van der Waals surface area contributed by atoms with Crippen molar-refractivity contribution in [1.29, 1.82) is 0 Å². The van der Waals surface area contributed by atoms with Crippen LogP contribution < -0.4 is 5.32 Å². The third-order valence-corrected chi connectivity index (χ3v) is 3.38. The van der Waals surface area contributed by atoms with Crippen LogP contribution in [0.15, 0.2) is 41.4 Å². The maximum atomic E-state index is 10.8. The number of phenols is 1. The topological polar surface area (TPSA) is 131 Å². The molecule has 9 nitrogen and oxygen atoms in total. The van der Waals surface area contributed by atoms with Gasteiger partial charge in [0, 0.05) is 47.2 Å². The van der Waals surface area contributed by atoms with Crippen molar-refractivity contribution in [2.45, 2.75) is 0 Å². The van der Waals surface area contributed by atoms with Gasteiger partial charge in [0.2, 0.25) is 5.75 Å². The van der Waals surface area contributed by atoms with Crippen LogP contribution in [-0.4, -0.2) is 34.3 Å². The Morgan fingerprint density at radius 1 is 1.16 bits per heavy atom. The highest BCUT2D eigenvalue weighted by atomic mass is 35.5. The highest BCUT2D eigenvalue weighted by molar-refractivity contribution is 6.31. The lowest BCUT2D eigenvalue weighted by atomic mass is 10.2. The zero-order valence-corrected chi connectivity index (χ0v) is 13.5. The average Bonchev–Trinajstić information content (AvgIpc) is 2.57. The van der Waals surface area contributed by atoms with Crippen LogP contribution in [0.3, 0.4) is 0 Å². The van der Waals surface area contributed by atoms with Crippen molar-refractivity contribution in [1.82, 2.24) is 0 Å². The zero-order valence-electron chi connectivity index (χ0n) is 12.8. The van der Waals surface area contributed by atoms with Crippen molar-refractivity contribution in [2.24, 2.45) is 4.99 Å². The number of benzene rings is 2. The number of nitro benzene ring substituents is 2. The van der Waals surface area contributed by atoms with E-state index in [1.165, 1.54) is 24.4 Å². The first-order valence-corrected chi connectivity index (χ1v) is 7.41. The van der Waals surface area contributed by atoms with E-state index >= 15 is 0 Å². The number of halogens is 1. The van der Waals surface area contributed by atoms with E-state index in [1.54, 1.807) is 12.1 Å². The fraction of sp³-hybridized carbons (Fsp3) is 0.133. The third-order valence-electron chi connectivity index (χ3n) is 3.16. The fourth-order valence-corrected chi connectivity index (χ4v) is 2.19. The van der Waals surface area contributed by atoms with Crippen molar-refractivity contribution in [3.63, 3.8) is 0 Å². The number of aromatic hydroxyl groups is 1. The third kappa shape index (κ3) is 4.88. The monoisotopic (exact) mass is 364 g/mol. The van der Waals surface area contributed by atoms with E-state index in [4.69, 9.17) is 11.6 Å². The van der Waals surface area contributed by atoms with Gasteiger partial charge in [-0.2, -0.15) is 0 Å². The Morgan fingerprint density at radius 3 is 2.44 bits per heavy atom. The number of hydrogen-bond donors (Lipinski definition) is 2. The molecule has 2 aromatic carbocycles. The number of rotatable bonds is 7. The Morgan fingerprint density at radius 2 is 1.84 bits per heavy atom. The molecule has 2 N–H and O–H groups in total. The van der Waals surface area contributed by atoms with Gasteiger partial charge in [0.15, 0.2) is 0 Å². The van der Waals surface area contributed by atoms with Crippen LogP contribution in [0.4, 0.5) is 17.1 Å². The van der Waals surface area contributed by atoms with E-state index in [0.29, 0.717) is 18.8 Å². The normalized spacial score (nSPS) is 10.8. The molecule has 2 aromatic rings. The molecule has 130 valence electrons. The largest absolute Gasteiger partial charge is 0.502 e. The molecule has 25 heavy (non-hydrogen) atoms. The number of phenolic OH excluding ortho intramolecular Hbond substituents is 1. The van der Waals surface area contributed by atoms with Gasteiger partial charge in [0.25, 0.3) is 5.69 Å². The van der Waals surface area contributed by atoms with Gasteiger partial charge in [-0.3, -0.25) is 25.2 Å². The number of aliphatic imine (C=N–C) groups is 1. The Balaban J connectivity index is 1.93. The summed E-state index contributed by atoms with van der Waals surface area (Å²) in [4.78, 5) is 24.2. The first-order valence-electron chi connectivity index (χ1n) is 7.03. The summed E-state index contributed by atoms with van der Waals surface area (Å²) in [5.41, 5.74) is 0.358. The predicted octanol–water partition coefficient (Wildman–Crippen LogP) is 3.39. The standard InChI is InChI=1S/C15H13ClN4O5/c16-11-7-10(15(21)14(8-11)20(24)25)9-17-5-6-18-12-1-3-13(4-2-12)19(22)23/h1-4,7-9,18,21H,5-6H2. The molecule has 0 aliphatic heterocycles. The van der Waals surface area contributed by atoms with Crippen LogP contribution in [0, 0.1) is 20.2 Å². The summed E-state index contributed by atoms with van der Waals surface area (Å²) in [6.45, 7) is 0.745. The lowest BCUT2D eigenvalue weighted by molar-refractivity contribution is -0.385. The van der Waals surface area contributed by atoms with Gasteiger partial charge in [-0.15, -0.1) is 0 Å². The second-order valence-electron chi connectivity index (χ2n) is 4.89. The van der Waals surface area contributed by atoms with Crippen LogP contribution in [0.5, 0.6) is 5.75 Å². The van der Waals surface area contributed by atoms with Crippen molar-refractivity contribution in [2.75, 3.05) is 18.4 Å². The number of nitrogens with zero attached hydrogens (tertiary/aromatic N) is 3. The molecule has 0 spiro atoms. The van der Waals surface area contributed by atoms with Crippen molar-refractivity contribution < 1.29 is 15.0 Å². The van der Waals surface area contributed by atoms with E-state index in [1.807, 2.05) is 0 Å². The molecule has 0 radical (unpaired) electrons. The van der Waals surface area contributed by atoms with Crippen molar-refractivity contribution in [3.8, 4) is 5.75 Å². The van der Waals surface area contributed by atoms with Crippen LogP contribution >= 0.6 is 11.6 Å². The van der Waals surface area contributed by atoms with E-state index in [9.17, 15) is 25.3 Å². The van der Waals surface area contributed by atoms with Gasteiger partial charge in [-0.05, 0) is 18.2 Å². The number of non-ortho nitro benzene ring substituents is 1. The minimum atomic E-state index is -0.727. The van der Waals surface area contributed by atoms with E-state index in [-0.39, 0.29) is 16.3 Å². The molecule has 0 aliphatic carbocycles. The zero-order chi connectivity index (χ0) is 18.4. The summed E-state index contributed by atoms with van der Waals surface area (Å²) < 4.78 is 0. The molecule has 2 rings (SSSR count). The second kappa shape index (κ2) is 8.06. The van der Waals surface area contributed by atoms with Crippen LogP contribution in [0.25, 0.3) is 0 Å².